The highest BCUT2D eigenvalue weighted by atomic mass is 16.5. The van der Waals surface area contributed by atoms with E-state index in [0.717, 1.165) is 25.9 Å². The van der Waals surface area contributed by atoms with Crippen LogP contribution in [0, 0.1) is 0 Å². The lowest BCUT2D eigenvalue weighted by atomic mass is 9.99. The summed E-state index contributed by atoms with van der Waals surface area (Å²) in [5, 5.41) is 3.17. The molecule has 1 N–H and O–H groups in total. The number of nitrogens with zero attached hydrogens (tertiary/aromatic N) is 2. The Labute approximate surface area is 139 Å². The van der Waals surface area contributed by atoms with E-state index in [4.69, 9.17) is 4.74 Å². The highest BCUT2D eigenvalue weighted by Gasteiger charge is 2.27. The fraction of sp³-hybridized carbons (Fsp3) is 0.611. The van der Waals surface area contributed by atoms with Crippen molar-refractivity contribution in [2.24, 2.45) is 0 Å². The van der Waals surface area contributed by atoms with E-state index in [2.05, 4.69) is 29.3 Å². The van der Waals surface area contributed by atoms with E-state index in [1.165, 1.54) is 5.56 Å². The van der Waals surface area contributed by atoms with Crippen molar-refractivity contribution in [3.05, 3.63) is 35.9 Å². The zero-order valence-corrected chi connectivity index (χ0v) is 14.7. The summed E-state index contributed by atoms with van der Waals surface area (Å²) in [5.41, 5.74) is 1.21. The molecule has 23 heavy (non-hydrogen) atoms. The Bertz CT molecular complexity index is 484. The maximum Gasteiger partial charge on any atom is 0.317 e. The molecule has 1 fully saturated rings. The number of carbonyl (C=O) groups is 1. The molecule has 2 atom stereocenters. The first kappa shape index (κ1) is 17.8. The van der Waals surface area contributed by atoms with Gasteiger partial charge in [0, 0.05) is 26.2 Å². The number of likely N-dealkylation sites (tertiary alicyclic amines) is 1. The van der Waals surface area contributed by atoms with Crippen molar-refractivity contribution >= 4 is 6.03 Å². The molecule has 1 aliphatic heterocycles. The molecule has 0 aliphatic carbocycles. The predicted molar refractivity (Wildman–Crippen MR) is 92.5 cm³/mol. The molecular weight excluding hydrogens is 290 g/mol. The van der Waals surface area contributed by atoms with Crippen molar-refractivity contribution in [3.63, 3.8) is 0 Å². The third-order valence-electron chi connectivity index (χ3n) is 4.58. The second-order valence-corrected chi connectivity index (χ2v) is 6.48. The molecule has 1 saturated heterocycles. The van der Waals surface area contributed by atoms with Gasteiger partial charge in [-0.15, -0.1) is 0 Å². The van der Waals surface area contributed by atoms with Crippen LogP contribution in [0.25, 0.3) is 0 Å². The largest absolute Gasteiger partial charge is 0.381 e. The number of likely N-dealkylation sites (N-methyl/N-ethyl adjacent to an activating group) is 1. The quantitative estimate of drug-likeness (QED) is 0.907. The van der Waals surface area contributed by atoms with Crippen LogP contribution in [0.5, 0.6) is 0 Å². The van der Waals surface area contributed by atoms with Crippen molar-refractivity contribution in [2.45, 2.75) is 38.0 Å². The Morgan fingerprint density at radius 3 is 2.39 bits per heavy atom. The Balaban J connectivity index is 1.96. The lowest BCUT2D eigenvalue weighted by molar-refractivity contribution is 0.0496. The van der Waals surface area contributed by atoms with Crippen molar-refractivity contribution < 1.29 is 9.53 Å². The summed E-state index contributed by atoms with van der Waals surface area (Å²) in [6.07, 6.45) is 2.11. The van der Waals surface area contributed by atoms with E-state index in [1.54, 1.807) is 7.11 Å². The minimum atomic E-state index is 0.0230. The minimum absolute atomic E-state index is 0.0230. The van der Waals surface area contributed by atoms with E-state index in [-0.39, 0.29) is 24.2 Å². The zero-order valence-electron chi connectivity index (χ0n) is 14.7. The van der Waals surface area contributed by atoms with E-state index in [0.29, 0.717) is 0 Å². The number of hydrogen-bond acceptors (Lipinski definition) is 3. The molecule has 128 valence electrons. The fourth-order valence-electron chi connectivity index (χ4n) is 3.34. The van der Waals surface area contributed by atoms with Crippen LogP contribution < -0.4 is 5.32 Å². The fourth-order valence-corrected chi connectivity index (χ4v) is 3.34. The lowest BCUT2D eigenvalue weighted by Gasteiger charge is -2.35. The molecule has 0 spiro atoms. The average molecular weight is 319 g/mol. The van der Waals surface area contributed by atoms with Crippen LogP contribution in [0.1, 0.15) is 31.4 Å². The first-order valence-electron chi connectivity index (χ1n) is 8.32. The molecule has 1 heterocycles. The predicted octanol–water partition coefficient (Wildman–Crippen LogP) is 2.50. The van der Waals surface area contributed by atoms with Crippen molar-refractivity contribution in [1.29, 1.82) is 0 Å². The van der Waals surface area contributed by atoms with Crippen molar-refractivity contribution in [3.8, 4) is 0 Å². The van der Waals surface area contributed by atoms with Gasteiger partial charge < -0.3 is 19.9 Å². The molecule has 1 aromatic carbocycles. The van der Waals surface area contributed by atoms with E-state index >= 15 is 0 Å². The smallest absolute Gasteiger partial charge is 0.317 e. The first-order valence-corrected chi connectivity index (χ1v) is 8.32. The number of methoxy groups -OCH3 is 1. The standard InChI is InChI=1S/C18H29N3O2/c1-14(17(20(2)3)15-8-6-5-7-9-15)19-18(22)21-12-10-16(23-4)11-13-21/h5-9,14,16-17H,10-13H2,1-4H3,(H,19,22)/t14-,17+/m0/s1. The van der Waals surface area contributed by atoms with Crippen LogP contribution >= 0.6 is 0 Å². The normalized spacial score (nSPS) is 18.7. The van der Waals surface area contributed by atoms with Crippen LogP contribution in [0.4, 0.5) is 4.79 Å². The van der Waals surface area contributed by atoms with Gasteiger partial charge in [-0.3, -0.25) is 0 Å². The van der Waals surface area contributed by atoms with Crippen LogP contribution in [0.2, 0.25) is 0 Å². The summed E-state index contributed by atoms with van der Waals surface area (Å²) >= 11 is 0. The molecule has 0 radical (unpaired) electrons. The number of ether oxygens (including phenoxy) is 1. The number of amides is 2. The van der Waals surface area contributed by atoms with Gasteiger partial charge in [-0.05, 0) is 39.4 Å². The molecule has 2 rings (SSSR count). The summed E-state index contributed by atoms with van der Waals surface area (Å²) in [6, 6.07) is 10.5. The summed E-state index contributed by atoms with van der Waals surface area (Å²) in [6.45, 7) is 3.58. The van der Waals surface area contributed by atoms with E-state index in [1.807, 2.05) is 37.2 Å². The van der Waals surface area contributed by atoms with Gasteiger partial charge in [-0.1, -0.05) is 30.3 Å². The van der Waals surface area contributed by atoms with Gasteiger partial charge in [0.25, 0.3) is 0 Å². The SMILES string of the molecule is COC1CCN(C(=O)N[C@@H](C)[C@H](c2ccccc2)N(C)C)CC1. The van der Waals surface area contributed by atoms with E-state index < -0.39 is 0 Å². The van der Waals surface area contributed by atoms with Crippen LogP contribution in [-0.2, 0) is 4.74 Å². The summed E-state index contributed by atoms with van der Waals surface area (Å²) < 4.78 is 5.36. The third-order valence-corrected chi connectivity index (χ3v) is 4.58. The Hall–Kier alpha value is -1.59. The Kier molecular flexibility index (Phi) is 6.42. The number of benzene rings is 1. The second-order valence-electron chi connectivity index (χ2n) is 6.48. The van der Waals surface area contributed by atoms with E-state index in [9.17, 15) is 4.79 Å². The van der Waals surface area contributed by atoms with Crippen molar-refractivity contribution in [1.82, 2.24) is 15.1 Å². The molecule has 0 bridgehead atoms. The maximum atomic E-state index is 12.5. The Morgan fingerprint density at radius 2 is 1.87 bits per heavy atom. The van der Waals surface area contributed by atoms with Crippen LogP contribution in [0.15, 0.2) is 30.3 Å². The van der Waals surface area contributed by atoms with Crippen LogP contribution in [0.3, 0.4) is 0 Å². The van der Waals surface area contributed by atoms with Crippen molar-refractivity contribution in [2.75, 3.05) is 34.3 Å². The molecule has 5 nitrogen and oxygen atoms in total. The van der Waals surface area contributed by atoms with Gasteiger partial charge in [0.15, 0.2) is 0 Å². The Morgan fingerprint density at radius 1 is 1.26 bits per heavy atom. The summed E-state index contributed by atoms with van der Waals surface area (Å²) in [4.78, 5) is 16.6. The van der Waals surface area contributed by atoms with Gasteiger partial charge >= 0.3 is 6.03 Å². The second kappa shape index (κ2) is 8.31. The number of rotatable bonds is 5. The molecule has 1 aromatic rings. The first-order chi connectivity index (χ1) is 11.0. The highest BCUT2D eigenvalue weighted by molar-refractivity contribution is 5.74. The number of hydrogen-bond donors (Lipinski definition) is 1. The van der Waals surface area contributed by atoms with Gasteiger partial charge in [0.1, 0.15) is 0 Å². The monoisotopic (exact) mass is 319 g/mol. The number of urea groups is 1. The number of carbonyl (C=O) groups excluding carboxylic acids is 1. The lowest BCUT2D eigenvalue weighted by Crippen LogP contribution is -2.50. The van der Waals surface area contributed by atoms with Crippen LogP contribution in [-0.4, -0.2) is 62.3 Å². The zero-order chi connectivity index (χ0) is 16.8. The molecule has 5 heteroatoms. The van der Waals surface area contributed by atoms with Gasteiger partial charge in [-0.2, -0.15) is 0 Å². The van der Waals surface area contributed by atoms with Gasteiger partial charge in [0.05, 0.1) is 12.1 Å². The molecular formula is C18H29N3O2. The summed E-state index contributed by atoms with van der Waals surface area (Å²) in [7, 11) is 5.83. The van der Waals surface area contributed by atoms with Gasteiger partial charge in [0.2, 0.25) is 0 Å². The molecule has 1 aliphatic rings. The molecule has 0 unspecified atom stereocenters. The average Bonchev–Trinajstić information content (AvgIpc) is 2.55. The third kappa shape index (κ3) is 4.69. The number of nitrogens with one attached hydrogen (secondary N) is 1. The summed E-state index contributed by atoms with van der Waals surface area (Å²) in [5.74, 6) is 0. The van der Waals surface area contributed by atoms with Gasteiger partial charge in [-0.25, -0.2) is 4.79 Å². The molecule has 0 saturated carbocycles. The maximum absolute atomic E-state index is 12.5. The molecule has 0 aromatic heterocycles. The minimum Gasteiger partial charge on any atom is -0.381 e. The molecule has 2 amide bonds. The highest BCUT2D eigenvalue weighted by Crippen LogP contribution is 2.22. The number of piperidine rings is 1. The topological polar surface area (TPSA) is 44.8 Å².